The van der Waals surface area contributed by atoms with E-state index in [0.717, 1.165) is 11.3 Å². The van der Waals surface area contributed by atoms with Crippen molar-refractivity contribution in [3.05, 3.63) is 22.4 Å². The summed E-state index contributed by atoms with van der Waals surface area (Å²) in [5, 5.41) is 5.00. The minimum absolute atomic E-state index is 0.0147. The molecule has 1 saturated carbocycles. The SMILES string of the molecule is C[C@@H]1[C@H](C)CCC[C@H]1NC(=O)CCC(=O)c1cccs1. The summed E-state index contributed by atoms with van der Waals surface area (Å²) in [7, 11) is 0. The van der Waals surface area contributed by atoms with Crippen molar-refractivity contribution in [2.45, 2.75) is 52.0 Å². The van der Waals surface area contributed by atoms with E-state index in [9.17, 15) is 9.59 Å². The van der Waals surface area contributed by atoms with Gasteiger partial charge in [-0.3, -0.25) is 9.59 Å². The summed E-state index contributed by atoms with van der Waals surface area (Å²) >= 11 is 1.44. The number of ketones is 1. The number of nitrogens with one attached hydrogen (secondary N) is 1. The Morgan fingerprint density at radius 1 is 1.30 bits per heavy atom. The Labute approximate surface area is 124 Å². The average molecular weight is 293 g/mol. The number of carbonyl (C=O) groups excluding carboxylic acids is 2. The second-order valence-electron chi connectivity index (χ2n) is 5.84. The molecule has 110 valence electrons. The fraction of sp³-hybridized carbons (Fsp3) is 0.625. The monoisotopic (exact) mass is 293 g/mol. The molecule has 2 rings (SSSR count). The third kappa shape index (κ3) is 3.92. The van der Waals surface area contributed by atoms with Crippen LogP contribution in [0.25, 0.3) is 0 Å². The van der Waals surface area contributed by atoms with Gasteiger partial charge in [0.05, 0.1) is 4.88 Å². The van der Waals surface area contributed by atoms with E-state index in [1.165, 1.54) is 24.2 Å². The van der Waals surface area contributed by atoms with Crippen molar-refractivity contribution < 1.29 is 9.59 Å². The van der Waals surface area contributed by atoms with Crippen molar-refractivity contribution in [3.63, 3.8) is 0 Å². The second kappa shape index (κ2) is 7.02. The first-order chi connectivity index (χ1) is 9.58. The van der Waals surface area contributed by atoms with Gasteiger partial charge < -0.3 is 5.32 Å². The molecular formula is C16H23NO2S. The van der Waals surface area contributed by atoms with Gasteiger partial charge in [-0.2, -0.15) is 0 Å². The highest BCUT2D eigenvalue weighted by atomic mass is 32.1. The first-order valence-corrected chi connectivity index (χ1v) is 8.32. The summed E-state index contributed by atoms with van der Waals surface area (Å²) in [6.45, 7) is 4.47. The van der Waals surface area contributed by atoms with Crippen molar-refractivity contribution in [1.29, 1.82) is 0 Å². The van der Waals surface area contributed by atoms with Crippen LogP contribution in [0.2, 0.25) is 0 Å². The first-order valence-electron chi connectivity index (χ1n) is 7.44. The Balaban J connectivity index is 1.76. The van der Waals surface area contributed by atoms with Crippen molar-refractivity contribution >= 4 is 23.0 Å². The van der Waals surface area contributed by atoms with E-state index in [2.05, 4.69) is 19.2 Å². The number of hydrogen-bond acceptors (Lipinski definition) is 3. The number of thiophene rings is 1. The largest absolute Gasteiger partial charge is 0.353 e. The van der Waals surface area contributed by atoms with Gasteiger partial charge in [-0.25, -0.2) is 0 Å². The van der Waals surface area contributed by atoms with Crippen LogP contribution in [0, 0.1) is 11.8 Å². The molecule has 3 nitrogen and oxygen atoms in total. The highest BCUT2D eigenvalue weighted by Crippen LogP contribution is 2.29. The molecule has 0 spiro atoms. The summed E-state index contributed by atoms with van der Waals surface area (Å²) in [5.74, 6) is 1.28. The van der Waals surface area contributed by atoms with Crippen molar-refractivity contribution in [1.82, 2.24) is 5.32 Å². The Morgan fingerprint density at radius 2 is 2.10 bits per heavy atom. The highest BCUT2D eigenvalue weighted by molar-refractivity contribution is 7.12. The van der Waals surface area contributed by atoms with Gasteiger partial charge >= 0.3 is 0 Å². The molecule has 1 aromatic heterocycles. The minimum Gasteiger partial charge on any atom is -0.353 e. The Kier molecular flexibility index (Phi) is 5.35. The first kappa shape index (κ1) is 15.2. The molecule has 20 heavy (non-hydrogen) atoms. The molecule has 3 atom stereocenters. The van der Waals surface area contributed by atoms with Crippen LogP contribution in [-0.2, 0) is 4.79 Å². The lowest BCUT2D eigenvalue weighted by Crippen LogP contribution is -2.43. The lowest BCUT2D eigenvalue weighted by atomic mass is 9.78. The molecule has 1 N–H and O–H groups in total. The Hall–Kier alpha value is -1.16. The van der Waals surface area contributed by atoms with Crippen LogP contribution in [0.1, 0.15) is 55.6 Å². The van der Waals surface area contributed by atoms with Crippen molar-refractivity contribution in [2.75, 3.05) is 0 Å². The number of hydrogen-bond donors (Lipinski definition) is 1. The van der Waals surface area contributed by atoms with Gasteiger partial charge in [0.2, 0.25) is 5.91 Å². The molecule has 0 radical (unpaired) electrons. The summed E-state index contributed by atoms with van der Waals surface area (Å²) in [5.41, 5.74) is 0. The molecule has 1 amide bonds. The summed E-state index contributed by atoms with van der Waals surface area (Å²) in [6, 6.07) is 3.96. The third-order valence-corrected chi connectivity index (χ3v) is 5.34. The van der Waals surface area contributed by atoms with Crippen LogP contribution in [0.4, 0.5) is 0 Å². The molecule has 0 unspecified atom stereocenters. The van der Waals surface area contributed by atoms with Gasteiger partial charge in [0.25, 0.3) is 0 Å². The number of carbonyl (C=O) groups is 2. The number of rotatable bonds is 5. The van der Waals surface area contributed by atoms with Gasteiger partial charge in [0.15, 0.2) is 5.78 Å². The van der Waals surface area contributed by atoms with Crippen molar-refractivity contribution in [2.24, 2.45) is 11.8 Å². The normalized spacial score (nSPS) is 26.2. The fourth-order valence-corrected chi connectivity index (χ4v) is 3.55. The van der Waals surface area contributed by atoms with E-state index in [4.69, 9.17) is 0 Å². The molecule has 1 aliphatic rings. The van der Waals surface area contributed by atoms with Crippen LogP contribution in [-0.4, -0.2) is 17.7 Å². The maximum absolute atomic E-state index is 12.0. The summed E-state index contributed by atoms with van der Waals surface area (Å²) < 4.78 is 0. The van der Waals surface area contributed by atoms with E-state index >= 15 is 0 Å². The topological polar surface area (TPSA) is 46.2 Å². The lowest BCUT2D eigenvalue weighted by molar-refractivity contribution is -0.122. The average Bonchev–Trinajstić information content (AvgIpc) is 2.95. The molecule has 1 fully saturated rings. The van der Waals surface area contributed by atoms with E-state index in [0.29, 0.717) is 24.7 Å². The molecular weight excluding hydrogens is 270 g/mol. The molecule has 0 bridgehead atoms. The van der Waals surface area contributed by atoms with E-state index in [1.807, 2.05) is 17.5 Å². The Bertz CT molecular complexity index is 455. The third-order valence-electron chi connectivity index (χ3n) is 4.43. The van der Waals surface area contributed by atoms with E-state index < -0.39 is 0 Å². The number of amides is 1. The van der Waals surface area contributed by atoms with E-state index in [-0.39, 0.29) is 17.7 Å². The van der Waals surface area contributed by atoms with Gasteiger partial charge in [0.1, 0.15) is 0 Å². The van der Waals surface area contributed by atoms with E-state index in [1.54, 1.807) is 0 Å². The van der Waals surface area contributed by atoms with Crippen LogP contribution in [0.5, 0.6) is 0 Å². The van der Waals surface area contributed by atoms with Gasteiger partial charge in [-0.05, 0) is 29.7 Å². The van der Waals surface area contributed by atoms with Gasteiger partial charge in [-0.1, -0.05) is 32.8 Å². The molecule has 1 heterocycles. The zero-order valence-corrected chi connectivity index (χ0v) is 13.0. The highest BCUT2D eigenvalue weighted by Gasteiger charge is 2.28. The standard InChI is InChI=1S/C16H23NO2S/c1-11-5-3-6-13(12(11)2)17-16(19)9-8-14(18)15-7-4-10-20-15/h4,7,10-13H,3,5-6,8-9H2,1-2H3,(H,17,19)/t11-,12-,13-/m1/s1. The van der Waals surface area contributed by atoms with Gasteiger partial charge in [-0.15, -0.1) is 11.3 Å². The van der Waals surface area contributed by atoms with Gasteiger partial charge in [0, 0.05) is 18.9 Å². The van der Waals surface area contributed by atoms with Crippen molar-refractivity contribution in [3.8, 4) is 0 Å². The molecule has 1 aliphatic carbocycles. The predicted molar refractivity (Wildman–Crippen MR) is 82.0 cm³/mol. The molecule has 0 saturated heterocycles. The smallest absolute Gasteiger partial charge is 0.220 e. The fourth-order valence-electron chi connectivity index (χ4n) is 2.85. The molecule has 0 aliphatic heterocycles. The molecule has 0 aromatic carbocycles. The second-order valence-corrected chi connectivity index (χ2v) is 6.79. The maximum Gasteiger partial charge on any atom is 0.220 e. The maximum atomic E-state index is 12.0. The Morgan fingerprint density at radius 3 is 2.80 bits per heavy atom. The molecule has 4 heteroatoms. The lowest BCUT2D eigenvalue weighted by Gasteiger charge is -2.34. The number of Topliss-reactive ketones (excluding diaryl/α,β-unsaturated/α-hetero) is 1. The van der Waals surface area contributed by atoms with Crippen LogP contribution >= 0.6 is 11.3 Å². The summed E-state index contributed by atoms with van der Waals surface area (Å²) in [6.07, 6.45) is 4.11. The van der Waals surface area contributed by atoms with Crippen LogP contribution in [0.15, 0.2) is 17.5 Å². The summed E-state index contributed by atoms with van der Waals surface area (Å²) in [4.78, 5) is 24.6. The quantitative estimate of drug-likeness (QED) is 0.842. The zero-order chi connectivity index (χ0) is 14.5. The molecule has 1 aromatic rings. The van der Waals surface area contributed by atoms with Crippen LogP contribution in [0.3, 0.4) is 0 Å². The predicted octanol–water partition coefficient (Wildman–Crippen LogP) is 3.65. The zero-order valence-electron chi connectivity index (χ0n) is 12.2. The van der Waals surface area contributed by atoms with Crippen LogP contribution < -0.4 is 5.32 Å². The minimum atomic E-state index is 0.0147.